The Bertz CT molecular complexity index is 300. The molecule has 1 unspecified atom stereocenters. The molecule has 18 heavy (non-hydrogen) atoms. The highest BCUT2D eigenvalue weighted by Crippen LogP contribution is 2.41. The van der Waals surface area contributed by atoms with Gasteiger partial charge >= 0.3 is 24.4 Å². The molecule has 0 aliphatic heterocycles. The van der Waals surface area contributed by atoms with E-state index >= 15 is 0 Å². The molecule has 12 heteroatoms. The summed E-state index contributed by atoms with van der Waals surface area (Å²) in [4.78, 5) is 9.77. The lowest BCUT2D eigenvalue weighted by molar-refractivity contribution is -0.477. The molecule has 0 amide bonds. The summed E-state index contributed by atoms with van der Waals surface area (Å²) < 4.78 is 101. The van der Waals surface area contributed by atoms with Crippen LogP contribution in [0.1, 0.15) is 0 Å². The van der Waals surface area contributed by atoms with Gasteiger partial charge in [0.1, 0.15) is 6.61 Å². The van der Waals surface area contributed by atoms with Gasteiger partial charge in [0.25, 0.3) is 6.36 Å². The van der Waals surface area contributed by atoms with E-state index in [1.807, 2.05) is 4.74 Å². The molecule has 108 valence electrons. The molecular weight excluding hydrogens is 288 g/mol. The minimum absolute atomic E-state index is 1.68. The van der Waals surface area contributed by atoms with Gasteiger partial charge in [0, 0.05) is 0 Å². The van der Waals surface area contributed by atoms with Crippen LogP contribution in [0.25, 0.3) is 0 Å². The van der Waals surface area contributed by atoms with Crippen molar-refractivity contribution in [2.45, 2.75) is 24.8 Å². The topological polar surface area (TPSA) is 55.8 Å². The van der Waals surface area contributed by atoms with Crippen LogP contribution in [0.5, 0.6) is 0 Å². The van der Waals surface area contributed by atoms with Gasteiger partial charge in [-0.1, -0.05) is 0 Å². The number of alkyl halides is 8. The number of ether oxygens (including phenoxy) is 2. The highest BCUT2D eigenvalue weighted by molar-refractivity contribution is 5.68. The van der Waals surface area contributed by atoms with Crippen LogP contribution in [0.4, 0.5) is 35.1 Å². The Labute approximate surface area is 93.1 Å². The first-order valence-corrected chi connectivity index (χ1v) is 3.79. The zero-order valence-electron chi connectivity index (χ0n) is 7.98. The fourth-order valence-corrected chi connectivity index (χ4v) is 0.517. The first-order valence-electron chi connectivity index (χ1n) is 3.79. The fraction of sp³-hybridized carbons (Fsp3) is 0.833. The molecule has 0 saturated heterocycles. The molecular formula is C6H4F8O4. The number of carboxylic acid groups (broad SMARTS) is 1. The van der Waals surface area contributed by atoms with Gasteiger partial charge in [-0.05, 0) is 0 Å². The zero-order valence-corrected chi connectivity index (χ0v) is 7.98. The van der Waals surface area contributed by atoms with E-state index in [4.69, 9.17) is 5.11 Å². The summed E-state index contributed by atoms with van der Waals surface area (Å²) in [5, 5.41) is 7.88. The normalized spacial score (nSPS) is 15.6. The van der Waals surface area contributed by atoms with Crippen molar-refractivity contribution in [3.63, 3.8) is 0 Å². The summed E-state index contributed by atoms with van der Waals surface area (Å²) in [6.45, 7) is -1.68. The molecule has 0 saturated carbocycles. The zero-order chi connectivity index (χ0) is 14.8. The molecule has 0 spiro atoms. The second kappa shape index (κ2) is 5.22. The SMILES string of the molecule is O=C(O)COC(F)C(F)(F)OC(F)(F)C(F)(F)F. The average Bonchev–Trinajstić information content (AvgIpc) is 2.10. The van der Waals surface area contributed by atoms with Crippen molar-refractivity contribution in [3.05, 3.63) is 0 Å². The maximum atomic E-state index is 12.4. The molecule has 0 heterocycles. The Morgan fingerprint density at radius 1 is 1.11 bits per heavy atom. The quantitative estimate of drug-likeness (QED) is 0.762. The van der Waals surface area contributed by atoms with E-state index in [2.05, 4.69) is 4.74 Å². The van der Waals surface area contributed by atoms with E-state index in [1.165, 1.54) is 0 Å². The lowest BCUT2D eigenvalue weighted by Crippen LogP contribution is -2.48. The van der Waals surface area contributed by atoms with Gasteiger partial charge in [0.15, 0.2) is 0 Å². The van der Waals surface area contributed by atoms with Gasteiger partial charge in [-0.2, -0.15) is 30.7 Å². The van der Waals surface area contributed by atoms with Crippen molar-refractivity contribution in [2.75, 3.05) is 6.61 Å². The van der Waals surface area contributed by atoms with E-state index < -0.39 is 37.3 Å². The van der Waals surface area contributed by atoms with Crippen LogP contribution < -0.4 is 0 Å². The summed E-state index contributed by atoms with van der Waals surface area (Å²) in [6.07, 6.45) is -22.6. The van der Waals surface area contributed by atoms with Gasteiger partial charge in [0.2, 0.25) is 0 Å². The summed E-state index contributed by atoms with van der Waals surface area (Å²) in [7, 11) is 0. The number of aliphatic carboxylic acids is 1. The van der Waals surface area contributed by atoms with Crippen LogP contribution >= 0.6 is 0 Å². The van der Waals surface area contributed by atoms with Crippen molar-refractivity contribution in [1.82, 2.24) is 0 Å². The van der Waals surface area contributed by atoms with Crippen molar-refractivity contribution in [3.8, 4) is 0 Å². The van der Waals surface area contributed by atoms with Crippen LogP contribution in [-0.4, -0.2) is 42.4 Å². The number of carbonyl (C=O) groups is 1. The molecule has 1 N–H and O–H groups in total. The molecule has 0 aromatic heterocycles. The van der Waals surface area contributed by atoms with Crippen molar-refractivity contribution < 1.29 is 54.5 Å². The summed E-state index contributed by atoms with van der Waals surface area (Å²) in [6, 6.07) is 0. The Kier molecular flexibility index (Phi) is 4.88. The third-order valence-electron chi connectivity index (χ3n) is 1.21. The third kappa shape index (κ3) is 4.60. The lowest BCUT2D eigenvalue weighted by Gasteiger charge is -2.26. The monoisotopic (exact) mass is 292 g/mol. The van der Waals surface area contributed by atoms with Crippen molar-refractivity contribution >= 4 is 5.97 Å². The number of hydrogen-bond donors (Lipinski definition) is 1. The van der Waals surface area contributed by atoms with E-state index in [-0.39, 0.29) is 0 Å². The summed E-state index contributed by atoms with van der Waals surface area (Å²) in [5.41, 5.74) is 0. The van der Waals surface area contributed by atoms with Crippen molar-refractivity contribution in [1.29, 1.82) is 0 Å². The highest BCUT2D eigenvalue weighted by atomic mass is 19.4. The van der Waals surface area contributed by atoms with Gasteiger partial charge in [-0.3, -0.25) is 0 Å². The minimum atomic E-state index is -6.50. The Balaban J connectivity index is 4.69. The maximum absolute atomic E-state index is 12.4. The van der Waals surface area contributed by atoms with E-state index in [9.17, 15) is 39.9 Å². The predicted octanol–water partition coefficient (Wildman–Crippen LogP) is 2.15. The second-order valence-corrected chi connectivity index (χ2v) is 2.70. The fourth-order valence-electron chi connectivity index (χ4n) is 0.517. The third-order valence-corrected chi connectivity index (χ3v) is 1.21. The van der Waals surface area contributed by atoms with Crippen LogP contribution in [0.2, 0.25) is 0 Å². The van der Waals surface area contributed by atoms with Crippen LogP contribution in [0.15, 0.2) is 0 Å². The first-order chi connectivity index (χ1) is 7.79. The number of halogens is 8. The Morgan fingerprint density at radius 3 is 1.89 bits per heavy atom. The number of carboxylic acids is 1. The van der Waals surface area contributed by atoms with E-state index in [1.54, 1.807) is 0 Å². The van der Waals surface area contributed by atoms with Gasteiger partial charge in [0.05, 0.1) is 0 Å². The molecule has 0 rings (SSSR count). The number of rotatable bonds is 6. The molecule has 0 bridgehead atoms. The molecule has 0 fully saturated rings. The molecule has 1 atom stereocenters. The van der Waals surface area contributed by atoms with Gasteiger partial charge in [-0.15, -0.1) is 0 Å². The molecule has 0 aliphatic carbocycles. The smallest absolute Gasteiger partial charge is 0.480 e. The molecule has 0 aromatic carbocycles. The summed E-state index contributed by atoms with van der Waals surface area (Å²) in [5.74, 6) is -1.95. The largest absolute Gasteiger partial charge is 0.483 e. The van der Waals surface area contributed by atoms with E-state index in [0.29, 0.717) is 0 Å². The molecule has 0 radical (unpaired) electrons. The molecule has 4 nitrogen and oxygen atoms in total. The van der Waals surface area contributed by atoms with Crippen molar-refractivity contribution in [2.24, 2.45) is 0 Å². The first kappa shape index (κ1) is 16.8. The lowest BCUT2D eigenvalue weighted by atomic mass is 10.5. The average molecular weight is 292 g/mol. The Hall–Kier alpha value is -1.17. The standard InChI is InChI=1S/C6H4F8O4/c7-3(17-1-2(15)16)4(8,9)18-6(13,14)5(10,11)12/h3H,1H2,(H,15,16). The van der Waals surface area contributed by atoms with E-state index in [0.717, 1.165) is 0 Å². The van der Waals surface area contributed by atoms with Crippen LogP contribution in [-0.2, 0) is 14.3 Å². The minimum Gasteiger partial charge on any atom is -0.480 e. The molecule has 0 aromatic rings. The maximum Gasteiger partial charge on any atom is 0.483 e. The van der Waals surface area contributed by atoms with Crippen LogP contribution in [0.3, 0.4) is 0 Å². The number of hydrogen-bond acceptors (Lipinski definition) is 3. The Morgan fingerprint density at radius 2 is 1.56 bits per heavy atom. The summed E-state index contributed by atoms with van der Waals surface area (Å²) >= 11 is 0. The second-order valence-electron chi connectivity index (χ2n) is 2.70. The molecule has 0 aliphatic rings. The predicted molar refractivity (Wildman–Crippen MR) is 35.5 cm³/mol. The van der Waals surface area contributed by atoms with Crippen LogP contribution in [0, 0.1) is 0 Å². The van der Waals surface area contributed by atoms with Gasteiger partial charge < -0.3 is 9.84 Å². The van der Waals surface area contributed by atoms with Gasteiger partial charge in [-0.25, -0.2) is 13.9 Å². The highest BCUT2D eigenvalue weighted by Gasteiger charge is 2.65.